The maximum absolute atomic E-state index is 12.7. The van der Waals surface area contributed by atoms with Crippen LogP contribution in [0.2, 0.25) is 0 Å². The number of benzene rings is 1. The quantitative estimate of drug-likeness (QED) is 0.475. The third-order valence-corrected chi connectivity index (χ3v) is 8.17. The fourth-order valence-electron chi connectivity index (χ4n) is 5.80. The summed E-state index contributed by atoms with van der Waals surface area (Å²) in [6.07, 6.45) is 2.57. The highest BCUT2D eigenvalue weighted by Gasteiger charge is 2.55. The number of carbonyl (C=O) groups is 2. The first-order valence-corrected chi connectivity index (χ1v) is 13.0. The minimum Gasteiger partial charge on any atom is -0.338 e. The van der Waals surface area contributed by atoms with Gasteiger partial charge < -0.3 is 21.3 Å². The zero-order chi connectivity index (χ0) is 26.1. The van der Waals surface area contributed by atoms with Crippen molar-refractivity contribution in [3.05, 3.63) is 52.6 Å². The molecule has 1 unspecified atom stereocenters. The van der Waals surface area contributed by atoms with Crippen LogP contribution in [0, 0.1) is 17.8 Å². The average Bonchev–Trinajstić information content (AvgIpc) is 3.38. The van der Waals surface area contributed by atoms with E-state index in [4.69, 9.17) is 11.5 Å². The van der Waals surface area contributed by atoms with Crippen LogP contribution < -0.4 is 22.5 Å². The van der Waals surface area contributed by atoms with E-state index in [0.717, 1.165) is 49.5 Å². The molecule has 1 aliphatic carbocycles. The number of carbonyl (C=O) groups excluding carboxylic acids is 2. The molecule has 3 heterocycles. The Morgan fingerprint density at radius 1 is 1.03 bits per heavy atom. The first-order chi connectivity index (χ1) is 17.9. The highest BCUT2D eigenvalue weighted by molar-refractivity contribution is 5.88. The van der Waals surface area contributed by atoms with Crippen molar-refractivity contribution in [2.75, 3.05) is 57.7 Å². The van der Waals surface area contributed by atoms with Crippen molar-refractivity contribution in [3.8, 4) is 5.69 Å². The topological polar surface area (TPSA) is 143 Å². The van der Waals surface area contributed by atoms with E-state index in [2.05, 4.69) is 34.3 Å². The molecule has 5 rings (SSSR count). The summed E-state index contributed by atoms with van der Waals surface area (Å²) in [7, 11) is 0. The molecular formula is C26H36N8O3. The summed E-state index contributed by atoms with van der Waals surface area (Å²) >= 11 is 0. The number of hydrogen-bond acceptors (Lipinski definition) is 7. The number of nitrogens with two attached hydrogens (primary N) is 2. The maximum atomic E-state index is 12.7. The van der Waals surface area contributed by atoms with Gasteiger partial charge in [-0.05, 0) is 61.4 Å². The summed E-state index contributed by atoms with van der Waals surface area (Å²) in [5, 5.41) is 2.68. The highest BCUT2D eigenvalue weighted by Crippen LogP contribution is 2.51. The number of aromatic nitrogens is 2. The Labute approximate surface area is 216 Å². The number of piperazine rings is 1. The molecule has 1 aromatic heterocycles. The van der Waals surface area contributed by atoms with Gasteiger partial charge in [0.2, 0.25) is 5.91 Å². The number of amides is 3. The van der Waals surface area contributed by atoms with Crippen LogP contribution in [0.4, 0.5) is 10.6 Å². The molecule has 11 nitrogen and oxygen atoms in total. The Kier molecular flexibility index (Phi) is 7.27. The molecule has 2 saturated heterocycles. The Balaban J connectivity index is 1.14. The van der Waals surface area contributed by atoms with Gasteiger partial charge in [-0.2, -0.15) is 4.98 Å². The molecule has 0 spiro atoms. The molecule has 0 radical (unpaired) electrons. The van der Waals surface area contributed by atoms with Gasteiger partial charge in [-0.15, -0.1) is 0 Å². The zero-order valence-electron chi connectivity index (χ0n) is 21.3. The first-order valence-electron chi connectivity index (χ1n) is 13.0. The molecular weight excluding hydrogens is 472 g/mol. The lowest BCUT2D eigenvalue weighted by molar-refractivity contribution is -0.131. The Hall–Kier alpha value is -3.28. The smallest absolute Gasteiger partial charge is 0.338 e. The summed E-state index contributed by atoms with van der Waals surface area (Å²) in [4.78, 5) is 46.8. The predicted octanol–water partition coefficient (Wildman–Crippen LogP) is -0.0652. The predicted molar refractivity (Wildman–Crippen MR) is 140 cm³/mol. The number of fused-ring (bicyclic) bond motifs is 1. The van der Waals surface area contributed by atoms with Gasteiger partial charge in [0.15, 0.2) is 0 Å². The molecule has 198 valence electrons. The van der Waals surface area contributed by atoms with Crippen molar-refractivity contribution >= 4 is 17.8 Å². The Morgan fingerprint density at radius 3 is 2.27 bits per heavy atom. The van der Waals surface area contributed by atoms with Gasteiger partial charge in [-0.1, -0.05) is 12.1 Å². The standard InChI is InChI=1S/C26H36N8O3/c1-17(33-15-21-20(13-27)22(21)16-33)12-18-2-4-19(5-3-18)34-7-6-23(30-26(34)37)29-25(36)32-10-8-31(9-11-32)24(35)14-28/h2-7,17,20-22H,8-16,27-28H2,1H3,(H,29,30,36,37)/t17?,20-,21-,22+. The largest absolute Gasteiger partial charge is 0.354 e. The first kappa shape index (κ1) is 25.4. The van der Waals surface area contributed by atoms with E-state index >= 15 is 0 Å². The normalized spacial score (nSPS) is 24.0. The monoisotopic (exact) mass is 508 g/mol. The lowest BCUT2D eigenvalue weighted by atomic mass is 10.0. The second-order valence-electron chi connectivity index (χ2n) is 10.4. The molecule has 3 amide bonds. The lowest BCUT2D eigenvalue weighted by Crippen LogP contribution is -2.52. The number of rotatable bonds is 7. The molecule has 4 atom stereocenters. The van der Waals surface area contributed by atoms with Crippen LogP contribution in [0.25, 0.3) is 5.69 Å². The third-order valence-electron chi connectivity index (χ3n) is 8.17. The van der Waals surface area contributed by atoms with Crippen LogP contribution in [0.15, 0.2) is 41.3 Å². The van der Waals surface area contributed by atoms with Gasteiger partial charge in [0.05, 0.1) is 12.2 Å². The van der Waals surface area contributed by atoms with Crippen molar-refractivity contribution in [2.24, 2.45) is 29.2 Å². The molecule has 37 heavy (non-hydrogen) atoms. The number of likely N-dealkylation sites (tertiary alicyclic amines) is 1. The molecule has 5 N–H and O–H groups in total. The Morgan fingerprint density at radius 2 is 1.68 bits per heavy atom. The van der Waals surface area contributed by atoms with Crippen molar-refractivity contribution in [3.63, 3.8) is 0 Å². The van der Waals surface area contributed by atoms with E-state index in [9.17, 15) is 14.4 Å². The summed E-state index contributed by atoms with van der Waals surface area (Å²) < 4.78 is 1.46. The highest BCUT2D eigenvalue weighted by atomic mass is 16.2. The number of urea groups is 1. The summed E-state index contributed by atoms with van der Waals surface area (Å²) in [6, 6.07) is 9.70. The maximum Gasteiger partial charge on any atom is 0.354 e. The Bertz CT molecular complexity index is 1180. The van der Waals surface area contributed by atoms with Crippen molar-refractivity contribution < 1.29 is 9.59 Å². The molecule has 11 heteroatoms. The number of piperidine rings is 1. The second-order valence-corrected chi connectivity index (χ2v) is 10.4. The number of nitrogens with zero attached hydrogens (tertiary/aromatic N) is 5. The number of anilines is 1. The van der Waals surface area contributed by atoms with Crippen molar-refractivity contribution in [1.29, 1.82) is 0 Å². The van der Waals surface area contributed by atoms with E-state index in [0.29, 0.717) is 32.2 Å². The average molecular weight is 509 g/mol. The van der Waals surface area contributed by atoms with Gasteiger partial charge in [0.25, 0.3) is 0 Å². The van der Waals surface area contributed by atoms with Crippen molar-refractivity contribution in [2.45, 2.75) is 19.4 Å². The SMILES string of the molecule is CC(Cc1ccc(-n2ccc(NC(=O)N3CCN(C(=O)CN)CC3)nc2=O)cc1)N1C[C@@H]2[C@@H](CN)[C@@H]2C1. The minimum absolute atomic E-state index is 0.0381. The van der Waals surface area contributed by atoms with Crippen LogP contribution >= 0.6 is 0 Å². The van der Waals surface area contributed by atoms with E-state index in [1.54, 1.807) is 22.1 Å². The van der Waals surface area contributed by atoms with E-state index in [-0.39, 0.29) is 24.3 Å². The zero-order valence-corrected chi connectivity index (χ0v) is 21.3. The molecule has 1 aromatic carbocycles. The molecule has 3 aliphatic rings. The third kappa shape index (κ3) is 5.39. The van der Waals surface area contributed by atoms with Crippen LogP contribution in [0.3, 0.4) is 0 Å². The summed E-state index contributed by atoms with van der Waals surface area (Å²) in [5.74, 6) is 2.38. The summed E-state index contributed by atoms with van der Waals surface area (Å²) in [6.45, 7) is 7.01. The van der Waals surface area contributed by atoms with E-state index in [1.165, 1.54) is 10.1 Å². The minimum atomic E-state index is -0.469. The van der Waals surface area contributed by atoms with E-state index < -0.39 is 5.69 Å². The van der Waals surface area contributed by atoms with Gasteiger partial charge in [0.1, 0.15) is 5.82 Å². The molecule has 2 aliphatic heterocycles. The molecule has 0 bridgehead atoms. The molecule has 1 saturated carbocycles. The van der Waals surface area contributed by atoms with E-state index in [1.807, 2.05) is 12.1 Å². The number of nitrogens with one attached hydrogen (secondary N) is 1. The fourth-order valence-corrected chi connectivity index (χ4v) is 5.80. The van der Waals surface area contributed by atoms with Crippen molar-refractivity contribution in [1.82, 2.24) is 24.3 Å². The second kappa shape index (κ2) is 10.6. The van der Waals surface area contributed by atoms with Crippen LogP contribution in [0.5, 0.6) is 0 Å². The van der Waals surface area contributed by atoms with Gasteiger partial charge in [-0.25, -0.2) is 9.59 Å². The van der Waals surface area contributed by atoms with Crippen LogP contribution in [0.1, 0.15) is 12.5 Å². The molecule has 2 aromatic rings. The number of hydrogen-bond donors (Lipinski definition) is 3. The van der Waals surface area contributed by atoms with Crippen LogP contribution in [-0.4, -0.2) is 94.6 Å². The van der Waals surface area contributed by atoms with Gasteiger partial charge >= 0.3 is 11.7 Å². The molecule has 3 fully saturated rings. The van der Waals surface area contributed by atoms with Gasteiger partial charge in [0, 0.05) is 51.5 Å². The summed E-state index contributed by atoms with van der Waals surface area (Å²) in [5.41, 5.74) is 12.7. The fraction of sp³-hybridized carbons (Fsp3) is 0.538. The van der Waals surface area contributed by atoms with Gasteiger partial charge in [-0.3, -0.25) is 19.6 Å². The lowest BCUT2D eigenvalue weighted by Gasteiger charge is -2.34. The van der Waals surface area contributed by atoms with Crippen LogP contribution in [-0.2, 0) is 11.2 Å².